The van der Waals surface area contributed by atoms with Crippen LogP contribution in [-0.2, 0) is 11.8 Å². The number of carbonyl (C=O) groups is 1. The van der Waals surface area contributed by atoms with E-state index in [0.717, 1.165) is 50.9 Å². The van der Waals surface area contributed by atoms with E-state index in [4.69, 9.17) is 0 Å². The molecule has 172 valence electrons. The van der Waals surface area contributed by atoms with Gasteiger partial charge in [0.25, 0.3) is 0 Å². The zero-order valence-electron chi connectivity index (χ0n) is 19.2. The topological polar surface area (TPSA) is 35.6 Å². The molecule has 0 radical (unpaired) electrons. The number of hydrogen-bond donors (Lipinski definition) is 1. The predicted octanol–water partition coefficient (Wildman–Crippen LogP) is 5.58. The average Bonchev–Trinajstić information content (AvgIpc) is 3.13. The van der Waals surface area contributed by atoms with Crippen molar-refractivity contribution in [2.45, 2.75) is 64.0 Å². The molecule has 2 amide bonds. The molecule has 1 N–H and O–H groups in total. The Morgan fingerprint density at radius 3 is 2.44 bits per heavy atom. The number of fused-ring (bicyclic) bond motifs is 1. The van der Waals surface area contributed by atoms with E-state index in [1.807, 2.05) is 4.90 Å². The third-order valence-corrected chi connectivity index (χ3v) is 6.80. The van der Waals surface area contributed by atoms with E-state index >= 15 is 0 Å². The van der Waals surface area contributed by atoms with E-state index in [-0.39, 0.29) is 23.2 Å². The van der Waals surface area contributed by atoms with E-state index < -0.39 is 11.6 Å². The van der Waals surface area contributed by atoms with Gasteiger partial charge in [-0.15, -0.1) is 0 Å². The largest absolute Gasteiger partial charge is 0.322 e. The van der Waals surface area contributed by atoms with Crippen LogP contribution in [0.25, 0.3) is 0 Å². The number of carbonyl (C=O) groups excluding carboxylic acids is 1. The van der Waals surface area contributed by atoms with Crippen molar-refractivity contribution in [3.63, 3.8) is 0 Å². The molecule has 4 nitrogen and oxygen atoms in total. The molecule has 0 aromatic heterocycles. The van der Waals surface area contributed by atoms with Crippen LogP contribution in [0.2, 0.25) is 0 Å². The van der Waals surface area contributed by atoms with Crippen LogP contribution in [-0.4, -0.2) is 47.5 Å². The molecule has 0 saturated carbocycles. The highest BCUT2D eigenvalue weighted by Gasteiger charge is 2.39. The van der Waals surface area contributed by atoms with Crippen LogP contribution in [0.5, 0.6) is 0 Å². The molecule has 2 fully saturated rings. The molecule has 0 bridgehead atoms. The lowest BCUT2D eigenvalue weighted by Crippen LogP contribution is -2.51. The zero-order chi connectivity index (χ0) is 22.9. The molecule has 2 aromatic rings. The SMILES string of the molecule is CC(C)(C)c1ccc(CC2C3CCCN3CCCN2C(=O)Nc2ccc(F)cc2F)cc1. The number of halogens is 2. The van der Waals surface area contributed by atoms with Gasteiger partial charge in [-0.3, -0.25) is 4.90 Å². The van der Waals surface area contributed by atoms with Gasteiger partial charge in [-0.05, 0) is 60.9 Å². The van der Waals surface area contributed by atoms with Gasteiger partial charge in [0.05, 0.1) is 11.7 Å². The highest BCUT2D eigenvalue weighted by molar-refractivity contribution is 5.89. The second kappa shape index (κ2) is 9.18. The Hall–Kier alpha value is -2.47. The zero-order valence-corrected chi connectivity index (χ0v) is 19.2. The minimum atomic E-state index is -0.759. The summed E-state index contributed by atoms with van der Waals surface area (Å²) >= 11 is 0. The molecule has 6 heteroatoms. The third kappa shape index (κ3) is 4.96. The molecule has 32 heavy (non-hydrogen) atoms. The van der Waals surface area contributed by atoms with Crippen molar-refractivity contribution < 1.29 is 13.6 Å². The monoisotopic (exact) mass is 441 g/mol. The molecule has 2 unspecified atom stereocenters. The predicted molar refractivity (Wildman–Crippen MR) is 124 cm³/mol. The van der Waals surface area contributed by atoms with Gasteiger partial charge >= 0.3 is 6.03 Å². The van der Waals surface area contributed by atoms with Crippen LogP contribution >= 0.6 is 0 Å². The first-order valence-corrected chi connectivity index (χ1v) is 11.6. The molecule has 2 aromatic carbocycles. The second-order valence-electron chi connectivity index (χ2n) is 10.1. The van der Waals surface area contributed by atoms with Crippen LogP contribution < -0.4 is 5.32 Å². The lowest BCUT2D eigenvalue weighted by atomic mass is 9.86. The molecular formula is C26H33F2N3O. The van der Waals surface area contributed by atoms with Crippen LogP contribution in [0.3, 0.4) is 0 Å². The number of anilines is 1. The van der Waals surface area contributed by atoms with Crippen molar-refractivity contribution in [3.05, 3.63) is 65.2 Å². The Bertz CT molecular complexity index is 955. The van der Waals surface area contributed by atoms with Gasteiger partial charge in [0.15, 0.2) is 0 Å². The van der Waals surface area contributed by atoms with Gasteiger partial charge in [-0.1, -0.05) is 45.0 Å². The van der Waals surface area contributed by atoms with Gasteiger partial charge in [0.1, 0.15) is 11.6 Å². The minimum absolute atomic E-state index is 0.00370. The van der Waals surface area contributed by atoms with E-state index in [1.165, 1.54) is 17.2 Å². The number of rotatable bonds is 3. The number of nitrogens with one attached hydrogen (secondary N) is 1. The van der Waals surface area contributed by atoms with Crippen molar-refractivity contribution in [1.29, 1.82) is 0 Å². The number of benzene rings is 2. The standard InChI is InChI=1S/C26H33F2N3O/c1-26(2,3)19-9-7-18(8-10-19)16-24-23-6-4-13-30(23)14-5-15-31(24)25(32)29-22-12-11-20(27)17-21(22)28/h7-12,17,23-24H,4-6,13-16H2,1-3H3,(H,29,32). The number of hydrogen-bond acceptors (Lipinski definition) is 2. The maximum absolute atomic E-state index is 14.2. The average molecular weight is 442 g/mol. The van der Waals surface area contributed by atoms with Crippen molar-refractivity contribution in [2.24, 2.45) is 0 Å². The van der Waals surface area contributed by atoms with Crippen molar-refractivity contribution in [2.75, 3.05) is 25.0 Å². The highest BCUT2D eigenvalue weighted by atomic mass is 19.1. The fourth-order valence-corrected chi connectivity index (χ4v) is 5.04. The smallest absolute Gasteiger partial charge is 0.320 e. The lowest BCUT2D eigenvalue weighted by Gasteiger charge is -2.36. The van der Waals surface area contributed by atoms with Crippen LogP contribution in [0.4, 0.5) is 19.3 Å². The summed E-state index contributed by atoms with van der Waals surface area (Å²) in [6.45, 7) is 9.25. The summed E-state index contributed by atoms with van der Waals surface area (Å²) in [6.07, 6.45) is 3.83. The summed E-state index contributed by atoms with van der Waals surface area (Å²) in [4.78, 5) is 17.6. The second-order valence-corrected chi connectivity index (χ2v) is 10.1. The molecule has 2 heterocycles. The fourth-order valence-electron chi connectivity index (χ4n) is 5.04. The van der Waals surface area contributed by atoms with Crippen LogP contribution in [0, 0.1) is 11.6 Å². The van der Waals surface area contributed by atoms with Gasteiger partial charge < -0.3 is 10.2 Å². The Kier molecular flexibility index (Phi) is 6.52. The summed E-state index contributed by atoms with van der Waals surface area (Å²) < 4.78 is 27.4. The summed E-state index contributed by atoms with van der Waals surface area (Å²) in [6, 6.07) is 11.9. The van der Waals surface area contributed by atoms with E-state index in [2.05, 4.69) is 55.3 Å². The lowest BCUT2D eigenvalue weighted by molar-refractivity contribution is 0.153. The van der Waals surface area contributed by atoms with Gasteiger partial charge in [0.2, 0.25) is 0 Å². The Morgan fingerprint density at radius 2 is 1.75 bits per heavy atom. The first-order chi connectivity index (χ1) is 15.2. The normalized spacial score (nSPS) is 21.8. The molecule has 4 rings (SSSR count). The fraction of sp³-hybridized carbons (Fsp3) is 0.500. The molecule has 0 spiro atoms. The summed E-state index contributed by atoms with van der Waals surface area (Å²) in [5, 5.41) is 2.69. The van der Waals surface area contributed by atoms with E-state index in [1.54, 1.807) is 0 Å². The quantitative estimate of drug-likeness (QED) is 0.675. The van der Waals surface area contributed by atoms with Gasteiger partial charge in [-0.25, -0.2) is 13.6 Å². The summed E-state index contributed by atoms with van der Waals surface area (Å²) in [5.74, 6) is -1.42. The maximum atomic E-state index is 14.2. The highest BCUT2D eigenvalue weighted by Crippen LogP contribution is 2.30. The first kappa shape index (κ1) is 22.7. The Balaban J connectivity index is 1.58. The Morgan fingerprint density at radius 1 is 1.03 bits per heavy atom. The van der Waals surface area contributed by atoms with E-state index in [0.29, 0.717) is 12.6 Å². The molecule has 2 atom stereocenters. The van der Waals surface area contributed by atoms with Crippen molar-refractivity contribution in [1.82, 2.24) is 9.80 Å². The molecule has 2 aliphatic heterocycles. The third-order valence-electron chi connectivity index (χ3n) is 6.80. The molecule has 2 saturated heterocycles. The van der Waals surface area contributed by atoms with Gasteiger partial charge in [0, 0.05) is 25.2 Å². The van der Waals surface area contributed by atoms with E-state index in [9.17, 15) is 13.6 Å². The summed E-state index contributed by atoms with van der Waals surface area (Å²) in [7, 11) is 0. The Labute approximate surface area is 189 Å². The summed E-state index contributed by atoms with van der Waals surface area (Å²) in [5.41, 5.74) is 2.58. The van der Waals surface area contributed by atoms with Crippen LogP contribution in [0.15, 0.2) is 42.5 Å². The molecule has 0 aliphatic carbocycles. The van der Waals surface area contributed by atoms with Crippen LogP contribution in [0.1, 0.15) is 51.2 Å². The van der Waals surface area contributed by atoms with Crippen molar-refractivity contribution in [3.8, 4) is 0 Å². The minimum Gasteiger partial charge on any atom is -0.320 e. The molecular weight excluding hydrogens is 408 g/mol. The van der Waals surface area contributed by atoms with Gasteiger partial charge in [-0.2, -0.15) is 0 Å². The number of nitrogens with zero attached hydrogens (tertiary/aromatic N) is 2. The van der Waals surface area contributed by atoms with Crippen molar-refractivity contribution >= 4 is 11.7 Å². The maximum Gasteiger partial charge on any atom is 0.322 e. The molecule has 2 aliphatic rings. The number of urea groups is 1. The number of amides is 2. The first-order valence-electron chi connectivity index (χ1n) is 11.6.